The van der Waals surface area contributed by atoms with Gasteiger partial charge in [0.25, 0.3) is 0 Å². The number of aromatic nitrogens is 6. The average molecular weight is 350 g/mol. The molecule has 0 aliphatic rings. The molecule has 1 N–H and O–H groups in total. The molecule has 132 valence electrons. The first kappa shape index (κ1) is 16.0. The minimum Gasteiger partial charge on any atom is -0.363 e. The SMILES string of the molecule is CN(CCn1ccnc1)c1nc2nonc2nc1NCc1ccccc1. The number of nitrogens with one attached hydrogen (secondary N) is 1. The largest absolute Gasteiger partial charge is 0.363 e. The molecular formula is C17H18N8O. The molecule has 0 aliphatic heterocycles. The van der Waals surface area contributed by atoms with Gasteiger partial charge in [0, 0.05) is 39.1 Å². The van der Waals surface area contributed by atoms with Gasteiger partial charge in [0.1, 0.15) is 0 Å². The number of rotatable bonds is 7. The van der Waals surface area contributed by atoms with Crippen molar-refractivity contribution in [3.63, 3.8) is 0 Å². The van der Waals surface area contributed by atoms with Gasteiger partial charge in [-0.2, -0.15) is 0 Å². The third kappa shape index (κ3) is 3.46. The molecule has 0 saturated carbocycles. The van der Waals surface area contributed by atoms with E-state index in [0.29, 0.717) is 29.5 Å². The van der Waals surface area contributed by atoms with Gasteiger partial charge in [0.15, 0.2) is 11.6 Å². The molecule has 0 radical (unpaired) electrons. The highest BCUT2D eigenvalue weighted by Gasteiger charge is 2.16. The molecule has 0 amide bonds. The van der Waals surface area contributed by atoms with Crippen molar-refractivity contribution in [3.8, 4) is 0 Å². The third-order valence-corrected chi connectivity index (χ3v) is 4.01. The zero-order chi connectivity index (χ0) is 17.8. The fourth-order valence-electron chi connectivity index (χ4n) is 2.59. The molecule has 0 spiro atoms. The fourth-order valence-corrected chi connectivity index (χ4v) is 2.59. The molecule has 26 heavy (non-hydrogen) atoms. The zero-order valence-electron chi connectivity index (χ0n) is 14.3. The summed E-state index contributed by atoms with van der Waals surface area (Å²) in [6.07, 6.45) is 5.48. The van der Waals surface area contributed by atoms with Crippen molar-refractivity contribution in [1.29, 1.82) is 0 Å². The Balaban J connectivity index is 1.56. The zero-order valence-corrected chi connectivity index (χ0v) is 14.3. The Kier molecular flexibility index (Phi) is 4.42. The first-order valence-electron chi connectivity index (χ1n) is 8.24. The van der Waals surface area contributed by atoms with Crippen LogP contribution in [0, 0.1) is 0 Å². The van der Waals surface area contributed by atoms with Crippen LogP contribution in [0.2, 0.25) is 0 Å². The van der Waals surface area contributed by atoms with Crippen LogP contribution in [-0.4, -0.2) is 43.4 Å². The lowest BCUT2D eigenvalue weighted by Crippen LogP contribution is -2.25. The second-order valence-corrected chi connectivity index (χ2v) is 5.87. The molecule has 0 bridgehead atoms. The summed E-state index contributed by atoms with van der Waals surface area (Å²) in [6.45, 7) is 2.15. The average Bonchev–Trinajstić information content (AvgIpc) is 3.35. The molecule has 4 rings (SSSR count). The molecule has 0 aliphatic carbocycles. The van der Waals surface area contributed by atoms with E-state index in [-0.39, 0.29) is 0 Å². The van der Waals surface area contributed by atoms with Crippen molar-refractivity contribution in [3.05, 3.63) is 54.6 Å². The number of nitrogens with zero attached hydrogens (tertiary/aromatic N) is 7. The Labute approximate surface area is 149 Å². The number of imidazole rings is 1. The Hall–Kier alpha value is -3.49. The fraction of sp³-hybridized carbons (Fsp3) is 0.235. The second-order valence-electron chi connectivity index (χ2n) is 5.87. The van der Waals surface area contributed by atoms with Gasteiger partial charge in [-0.15, -0.1) is 0 Å². The monoisotopic (exact) mass is 350 g/mol. The van der Waals surface area contributed by atoms with E-state index in [9.17, 15) is 0 Å². The van der Waals surface area contributed by atoms with Crippen LogP contribution in [0.25, 0.3) is 11.3 Å². The normalized spacial score (nSPS) is 11.0. The highest BCUT2D eigenvalue weighted by molar-refractivity contribution is 5.73. The van der Waals surface area contributed by atoms with Gasteiger partial charge in [-0.05, 0) is 15.9 Å². The molecule has 9 heteroatoms. The lowest BCUT2D eigenvalue weighted by Gasteiger charge is -2.21. The first-order chi connectivity index (χ1) is 12.8. The molecule has 4 aromatic rings. The standard InChI is InChI=1S/C17H18N8O/c1-24(9-10-25-8-7-18-12-25)17-16(19-11-13-5-3-2-4-6-13)20-14-15(21-17)23-26-22-14/h2-8,12H,9-11H2,1H3,(H,19,20,22). The topological polar surface area (TPSA) is 97.8 Å². The number of benzene rings is 1. The number of fused-ring (bicyclic) bond motifs is 1. The van der Waals surface area contributed by atoms with Crippen LogP contribution in [0.5, 0.6) is 0 Å². The van der Waals surface area contributed by atoms with Crippen LogP contribution < -0.4 is 10.2 Å². The van der Waals surface area contributed by atoms with E-state index >= 15 is 0 Å². The van der Waals surface area contributed by atoms with Crippen molar-refractivity contribution in [2.24, 2.45) is 0 Å². The highest BCUT2D eigenvalue weighted by Crippen LogP contribution is 2.23. The molecule has 0 unspecified atom stereocenters. The second kappa shape index (κ2) is 7.18. The van der Waals surface area contributed by atoms with Gasteiger partial charge in [0.05, 0.1) is 6.33 Å². The molecular weight excluding hydrogens is 332 g/mol. The summed E-state index contributed by atoms with van der Waals surface area (Å²) in [5, 5.41) is 10.9. The van der Waals surface area contributed by atoms with E-state index < -0.39 is 0 Å². The van der Waals surface area contributed by atoms with Gasteiger partial charge < -0.3 is 14.8 Å². The minimum atomic E-state index is 0.382. The summed E-state index contributed by atoms with van der Waals surface area (Å²) in [4.78, 5) is 15.2. The number of hydrogen-bond acceptors (Lipinski definition) is 8. The summed E-state index contributed by atoms with van der Waals surface area (Å²) >= 11 is 0. The quantitative estimate of drug-likeness (QED) is 0.540. The van der Waals surface area contributed by atoms with Crippen LogP contribution in [0.1, 0.15) is 5.56 Å². The molecule has 0 atom stereocenters. The maximum Gasteiger partial charge on any atom is 0.245 e. The van der Waals surface area contributed by atoms with Crippen molar-refractivity contribution in [1.82, 2.24) is 29.8 Å². The van der Waals surface area contributed by atoms with Crippen molar-refractivity contribution >= 4 is 22.9 Å². The van der Waals surface area contributed by atoms with Crippen LogP contribution in [0.15, 0.2) is 53.7 Å². The lowest BCUT2D eigenvalue weighted by molar-refractivity contribution is 0.314. The maximum absolute atomic E-state index is 4.75. The molecule has 0 saturated heterocycles. The summed E-state index contributed by atoms with van der Waals surface area (Å²) < 4.78 is 6.76. The Morgan fingerprint density at radius 2 is 1.92 bits per heavy atom. The van der Waals surface area contributed by atoms with Crippen molar-refractivity contribution in [2.75, 3.05) is 23.8 Å². The number of likely N-dealkylation sites (N-methyl/N-ethyl adjacent to an activating group) is 1. The predicted molar refractivity (Wildman–Crippen MR) is 96.7 cm³/mol. The number of hydrogen-bond donors (Lipinski definition) is 1. The molecule has 0 fully saturated rings. The highest BCUT2D eigenvalue weighted by atomic mass is 16.6. The van der Waals surface area contributed by atoms with Gasteiger partial charge >= 0.3 is 0 Å². The van der Waals surface area contributed by atoms with E-state index in [1.54, 1.807) is 12.5 Å². The van der Waals surface area contributed by atoms with Gasteiger partial charge in [0.2, 0.25) is 11.3 Å². The molecule has 9 nitrogen and oxygen atoms in total. The van der Waals surface area contributed by atoms with Crippen LogP contribution in [-0.2, 0) is 13.1 Å². The summed E-state index contributed by atoms with van der Waals surface area (Å²) in [5.41, 5.74) is 1.92. The van der Waals surface area contributed by atoms with Gasteiger partial charge in [-0.3, -0.25) is 0 Å². The maximum atomic E-state index is 4.75. The molecule has 3 aromatic heterocycles. The van der Waals surface area contributed by atoms with Crippen LogP contribution in [0.4, 0.5) is 11.6 Å². The van der Waals surface area contributed by atoms with Gasteiger partial charge in [-0.25, -0.2) is 19.6 Å². The first-order valence-corrected chi connectivity index (χ1v) is 8.24. The third-order valence-electron chi connectivity index (χ3n) is 4.01. The Morgan fingerprint density at radius 1 is 1.12 bits per heavy atom. The van der Waals surface area contributed by atoms with Crippen LogP contribution >= 0.6 is 0 Å². The van der Waals surface area contributed by atoms with E-state index in [2.05, 4.69) is 42.7 Å². The predicted octanol–water partition coefficient (Wildman–Crippen LogP) is 1.96. The van der Waals surface area contributed by atoms with Gasteiger partial charge in [-0.1, -0.05) is 30.3 Å². The minimum absolute atomic E-state index is 0.382. The van der Waals surface area contributed by atoms with E-state index in [4.69, 9.17) is 4.63 Å². The van der Waals surface area contributed by atoms with Crippen molar-refractivity contribution < 1.29 is 4.63 Å². The summed E-state index contributed by atoms with van der Waals surface area (Å²) in [5.74, 6) is 1.34. The summed E-state index contributed by atoms with van der Waals surface area (Å²) in [7, 11) is 1.97. The molecule has 3 heterocycles. The summed E-state index contributed by atoms with van der Waals surface area (Å²) in [6, 6.07) is 10.1. The molecule has 1 aromatic carbocycles. The Bertz CT molecular complexity index is 967. The number of anilines is 2. The Morgan fingerprint density at radius 3 is 2.69 bits per heavy atom. The smallest absolute Gasteiger partial charge is 0.245 e. The van der Waals surface area contributed by atoms with E-state index in [1.807, 2.05) is 40.9 Å². The van der Waals surface area contributed by atoms with E-state index in [0.717, 1.165) is 18.7 Å². The van der Waals surface area contributed by atoms with Crippen LogP contribution in [0.3, 0.4) is 0 Å². The lowest BCUT2D eigenvalue weighted by atomic mass is 10.2. The van der Waals surface area contributed by atoms with Crippen molar-refractivity contribution in [2.45, 2.75) is 13.1 Å². The van der Waals surface area contributed by atoms with E-state index in [1.165, 1.54) is 0 Å².